The molecule has 1 aromatic heterocycles. The van der Waals surface area contributed by atoms with E-state index in [0.717, 1.165) is 89.4 Å². The number of amides is 1. The average Bonchev–Trinajstić information content (AvgIpc) is 3.38. The molecule has 1 unspecified atom stereocenters. The van der Waals surface area contributed by atoms with Crippen LogP contribution in [0.5, 0.6) is 0 Å². The summed E-state index contributed by atoms with van der Waals surface area (Å²) in [6.07, 6.45) is 7.10. The molecule has 0 aromatic carbocycles. The van der Waals surface area contributed by atoms with Gasteiger partial charge in [0.05, 0.1) is 6.04 Å². The summed E-state index contributed by atoms with van der Waals surface area (Å²) in [4.78, 5) is 22.3. The number of ether oxygens (including phenoxy) is 1. The van der Waals surface area contributed by atoms with Crippen molar-refractivity contribution < 1.29 is 9.53 Å². The second-order valence-electron chi connectivity index (χ2n) is 7.83. The largest absolute Gasteiger partial charge is 0.381 e. The monoisotopic (exact) mass is 361 g/mol. The van der Waals surface area contributed by atoms with E-state index < -0.39 is 0 Å². The first-order valence-electron chi connectivity index (χ1n) is 10.3. The minimum atomic E-state index is 0.0878. The predicted octanol–water partition coefficient (Wildman–Crippen LogP) is 1.72. The number of aryl methyl sites for hydroxylation is 1. The van der Waals surface area contributed by atoms with Crippen LogP contribution in [0.4, 0.5) is 0 Å². The van der Waals surface area contributed by atoms with E-state index in [-0.39, 0.29) is 6.04 Å². The molecular formula is C19H31N5O2. The maximum atomic E-state index is 13.2. The highest BCUT2D eigenvalue weighted by atomic mass is 16.5. The second-order valence-corrected chi connectivity index (χ2v) is 7.83. The summed E-state index contributed by atoms with van der Waals surface area (Å²) in [5, 5.41) is 7.39. The molecule has 3 fully saturated rings. The summed E-state index contributed by atoms with van der Waals surface area (Å²) in [6, 6.07) is 0.614. The van der Waals surface area contributed by atoms with Crippen LogP contribution in [0.2, 0.25) is 0 Å². The minimum absolute atomic E-state index is 0.0878. The third kappa shape index (κ3) is 3.64. The molecule has 3 aliphatic heterocycles. The SMILES string of the molecule is CCc1nc(C2CCN(C(=O)C3CCCN3C3CCOCC3)CC2)n[nH]1. The Labute approximate surface area is 155 Å². The van der Waals surface area contributed by atoms with E-state index in [4.69, 9.17) is 4.74 Å². The number of carbonyl (C=O) groups is 1. The maximum Gasteiger partial charge on any atom is 0.239 e. The van der Waals surface area contributed by atoms with E-state index in [2.05, 4.69) is 31.9 Å². The molecule has 7 nitrogen and oxygen atoms in total. The third-order valence-corrected chi connectivity index (χ3v) is 6.29. The van der Waals surface area contributed by atoms with Crippen LogP contribution in [0, 0.1) is 0 Å². The molecule has 0 radical (unpaired) electrons. The number of likely N-dealkylation sites (tertiary alicyclic amines) is 2. The molecule has 4 heterocycles. The predicted molar refractivity (Wildman–Crippen MR) is 97.9 cm³/mol. The van der Waals surface area contributed by atoms with E-state index >= 15 is 0 Å². The van der Waals surface area contributed by atoms with Gasteiger partial charge in [-0.05, 0) is 45.1 Å². The molecule has 0 aliphatic carbocycles. The molecule has 1 N–H and O–H groups in total. The Morgan fingerprint density at radius 1 is 1.15 bits per heavy atom. The molecule has 1 aromatic rings. The molecule has 1 atom stereocenters. The number of carbonyl (C=O) groups excluding carboxylic acids is 1. The summed E-state index contributed by atoms with van der Waals surface area (Å²) >= 11 is 0. The summed E-state index contributed by atoms with van der Waals surface area (Å²) in [5.74, 6) is 2.61. The molecule has 144 valence electrons. The van der Waals surface area contributed by atoms with Gasteiger partial charge in [-0.25, -0.2) is 4.98 Å². The molecule has 0 saturated carbocycles. The Morgan fingerprint density at radius 2 is 1.92 bits per heavy atom. The van der Waals surface area contributed by atoms with Gasteiger partial charge in [0, 0.05) is 44.7 Å². The van der Waals surface area contributed by atoms with Gasteiger partial charge >= 0.3 is 0 Å². The lowest BCUT2D eigenvalue weighted by atomic mass is 9.95. The van der Waals surface area contributed by atoms with Gasteiger partial charge in [0.1, 0.15) is 5.82 Å². The zero-order valence-electron chi connectivity index (χ0n) is 15.8. The van der Waals surface area contributed by atoms with Crippen molar-refractivity contribution in [3.8, 4) is 0 Å². The van der Waals surface area contributed by atoms with Crippen molar-refractivity contribution in [3.05, 3.63) is 11.6 Å². The van der Waals surface area contributed by atoms with Crippen LogP contribution in [-0.4, -0.2) is 75.8 Å². The lowest BCUT2D eigenvalue weighted by molar-refractivity contribution is -0.138. The number of piperidine rings is 1. The average molecular weight is 361 g/mol. The number of hydrogen-bond acceptors (Lipinski definition) is 5. The standard InChI is InChI=1S/C19H31N5O2/c1-2-17-20-18(22-21-17)14-5-10-23(11-6-14)19(25)16-4-3-9-24(16)15-7-12-26-13-8-15/h14-16H,2-13H2,1H3,(H,20,21,22). The molecule has 7 heteroatoms. The lowest BCUT2D eigenvalue weighted by Gasteiger charge is -2.38. The van der Waals surface area contributed by atoms with Gasteiger partial charge in [-0.1, -0.05) is 6.92 Å². The van der Waals surface area contributed by atoms with Crippen molar-refractivity contribution in [1.82, 2.24) is 25.0 Å². The smallest absolute Gasteiger partial charge is 0.239 e. The zero-order chi connectivity index (χ0) is 17.9. The molecule has 3 saturated heterocycles. The van der Waals surface area contributed by atoms with Gasteiger partial charge < -0.3 is 9.64 Å². The number of H-pyrrole nitrogens is 1. The first-order valence-corrected chi connectivity index (χ1v) is 10.3. The Hall–Kier alpha value is -1.47. The minimum Gasteiger partial charge on any atom is -0.381 e. The number of rotatable bonds is 4. The van der Waals surface area contributed by atoms with Gasteiger partial charge in [-0.15, -0.1) is 0 Å². The van der Waals surface area contributed by atoms with Crippen LogP contribution in [0.1, 0.15) is 63.0 Å². The van der Waals surface area contributed by atoms with Crippen LogP contribution in [-0.2, 0) is 16.0 Å². The Morgan fingerprint density at radius 3 is 2.62 bits per heavy atom. The normalized spacial score (nSPS) is 26.5. The first-order chi connectivity index (χ1) is 12.8. The maximum absolute atomic E-state index is 13.2. The fraction of sp³-hybridized carbons (Fsp3) is 0.842. The van der Waals surface area contributed by atoms with Crippen molar-refractivity contribution in [1.29, 1.82) is 0 Å². The van der Waals surface area contributed by atoms with E-state index in [1.807, 2.05) is 0 Å². The third-order valence-electron chi connectivity index (χ3n) is 6.29. The molecule has 3 aliphatic rings. The van der Waals surface area contributed by atoms with Gasteiger partial charge in [-0.2, -0.15) is 5.10 Å². The Kier molecular flexibility index (Phi) is 5.55. The highest BCUT2D eigenvalue weighted by Gasteiger charge is 2.39. The van der Waals surface area contributed by atoms with Crippen molar-refractivity contribution in [2.45, 2.75) is 69.9 Å². The van der Waals surface area contributed by atoms with Crippen LogP contribution in [0.3, 0.4) is 0 Å². The number of aromatic amines is 1. The Bertz CT molecular complexity index is 605. The summed E-state index contributed by atoms with van der Waals surface area (Å²) in [7, 11) is 0. The van der Waals surface area contributed by atoms with Crippen LogP contribution in [0.25, 0.3) is 0 Å². The highest BCUT2D eigenvalue weighted by Crippen LogP contribution is 2.30. The molecule has 0 spiro atoms. The fourth-order valence-corrected chi connectivity index (χ4v) is 4.73. The van der Waals surface area contributed by atoms with E-state index in [1.165, 1.54) is 0 Å². The van der Waals surface area contributed by atoms with Gasteiger partial charge in [0.2, 0.25) is 5.91 Å². The summed E-state index contributed by atoms with van der Waals surface area (Å²) in [6.45, 7) is 6.48. The highest BCUT2D eigenvalue weighted by molar-refractivity contribution is 5.82. The van der Waals surface area contributed by atoms with Crippen LogP contribution < -0.4 is 0 Å². The van der Waals surface area contributed by atoms with Crippen molar-refractivity contribution in [3.63, 3.8) is 0 Å². The van der Waals surface area contributed by atoms with E-state index in [0.29, 0.717) is 17.9 Å². The zero-order valence-corrected chi connectivity index (χ0v) is 15.8. The van der Waals surface area contributed by atoms with E-state index in [9.17, 15) is 4.79 Å². The number of nitrogens with zero attached hydrogens (tertiary/aromatic N) is 4. The lowest BCUT2D eigenvalue weighted by Crippen LogP contribution is -2.52. The molecule has 0 bridgehead atoms. The summed E-state index contributed by atoms with van der Waals surface area (Å²) in [5.41, 5.74) is 0. The van der Waals surface area contributed by atoms with Gasteiger partial charge in [0.15, 0.2) is 5.82 Å². The van der Waals surface area contributed by atoms with Crippen molar-refractivity contribution >= 4 is 5.91 Å². The second kappa shape index (κ2) is 8.05. The van der Waals surface area contributed by atoms with Crippen molar-refractivity contribution in [2.75, 3.05) is 32.8 Å². The fourth-order valence-electron chi connectivity index (χ4n) is 4.73. The molecule has 26 heavy (non-hydrogen) atoms. The topological polar surface area (TPSA) is 74.3 Å². The number of aromatic nitrogens is 3. The van der Waals surface area contributed by atoms with Crippen LogP contribution >= 0.6 is 0 Å². The number of hydrogen-bond donors (Lipinski definition) is 1. The summed E-state index contributed by atoms with van der Waals surface area (Å²) < 4.78 is 5.50. The van der Waals surface area contributed by atoms with Crippen molar-refractivity contribution in [2.24, 2.45) is 0 Å². The Balaban J connectivity index is 1.34. The van der Waals surface area contributed by atoms with E-state index in [1.54, 1.807) is 0 Å². The van der Waals surface area contributed by atoms with Crippen LogP contribution in [0.15, 0.2) is 0 Å². The van der Waals surface area contributed by atoms with Gasteiger partial charge in [-0.3, -0.25) is 14.8 Å². The molecule has 1 amide bonds. The van der Waals surface area contributed by atoms with Gasteiger partial charge in [0.25, 0.3) is 0 Å². The molecular weight excluding hydrogens is 330 g/mol. The molecule has 4 rings (SSSR count). The quantitative estimate of drug-likeness (QED) is 0.884. The first kappa shape index (κ1) is 17.9. The number of nitrogens with one attached hydrogen (secondary N) is 1.